The van der Waals surface area contributed by atoms with Crippen molar-refractivity contribution in [2.24, 2.45) is 11.3 Å². The van der Waals surface area contributed by atoms with Crippen molar-refractivity contribution >= 4 is 25.5 Å². The van der Waals surface area contributed by atoms with E-state index in [-0.39, 0.29) is 32.1 Å². The van der Waals surface area contributed by atoms with Gasteiger partial charge in [-0.2, -0.15) is 0 Å². The van der Waals surface area contributed by atoms with Crippen LogP contribution in [0.15, 0.2) is 30.3 Å². The van der Waals surface area contributed by atoms with Crippen molar-refractivity contribution in [3.05, 3.63) is 35.9 Å². The first-order valence-corrected chi connectivity index (χ1v) is 14.2. The van der Waals surface area contributed by atoms with E-state index in [2.05, 4.69) is 10.4 Å². The minimum atomic E-state index is -3.54. The Hall–Kier alpha value is -2.26. The Kier molecular flexibility index (Phi) is 10.9. The molecular formula is C26H42N3O7P. The van der Waals surface area contributed by atoms with Gasteiger partial charge in [0.1, 0.15) is 11.6 Å². The van der Waals surface area contributed by atoms with E-state index in [1.54, 1.807) is 34.6 Å². The second-order valence-electron chi connectivity index (χ2n) is 11.2. The Morgan fingerprint density at radius 3 is 2.43 bits per heavy atom. The maximum absolute atomic E-state index is 13.0. The molecule has 3 atom stereocenters. The summed E-state index contributed by atoms with van der Waals surface area (Å²) in [5, 5.41) is 14.4. The second-order valence-corrected chi connectivity index (χ2v) is 13.0. The third-order valence-corrected chi connectivity index (χ3v) is 7.19. The Balaban J connectivity index is 1.98. The van der Waals surface area contributed by atoms with Gasteiger partial charge in [-0.15, -0.1) is 0 Å². The van der Waals surface area contributed by atoms with Gasteiger partial charge in [-0.25, -0.2) is 5.09 Å². The van der Waals surface area contributed by atoms with E-state index in [0.29, 0.717) is 6.42 Å². The molecule has 1 amide bonds. The van der Waals surface area contributed by atoms with Crippen LogP contribution in [0.1, 0.15) is 60.5 Å². The molecule has 208 valence electrons. The number of hydrogen-bond donors (Lipinski definition) is 3. The lowest BCUT2D eigenvalue weighted by molar-refractivity contribution is -0.154. The number of hydrogen-bond acceptors (Lipinski definition) is 8. The quantitative estimate of drug-likeness (QED) is 0.281. The van der Waals surface area contributed by atoms with Crippen LogP contribution in [0.4, 0.5) is 0 Å². The van der Waals surface area contributed by atoms with Crippen molar-refractivity contribution < 1.29 is 32.9 Å². The topological polar surface area (TPSA) is 136 Å². The molecule has 0 radical (unpaired) electrons. The van der Waals surface area contributed by atoms with E-state index in [4.69, 9.17) is 23.7 Å². The molecule has 1 saturated heterocycles. The van der Waals surface area contributed by atoms with Crippen molar-refractivity contribution in [1.82, 2.24) is 10.4 Å². The molecule has 0 saturated carbocycles. The normalized spacial score (nSPS) is 22.2. The van der Waals surface area contributed by atoms with E-state index in [1.165, 1.54) is 0 Å². The summed E-state index contributed by atoms with van der Waals surface area (Å²) in [6.07, 6.45) is -0.429. The summed E-state index contributed by atoms with van der Waals surface area (Å²) in [5.41, 5.74) is -0.287. The highest BCUT2D eigenvalue weighted by molar-refractivity contribution is 7.53. The summed E-state index contributed by atoms with van der Waals surface area (Å²) in [6.45, 7) is 12.9. The predicted octanol–water partition coefficient (Wildman–Crippen LogP) is 4.20. The lowest BCUT2D eigenvalue weighted by atomic mass is 9.87. The van der Waals surface area contributed by atoms with Gasteiger partial charge < -0.3 is 19.3 Å². The fraction of sp³-hybridized carbons (Fsp3) is 0.654. The van der Waals surface area contributed by atoms with Gasteiger partial charge in [0, 0.05) is 18.4 Å². The molecule has 1 aliphatic heterocycles. The summed E-state index contributed by atoms with van der Waals surface area (Å²) in [5.74, 6) is -1.60. The van der Waals surface area contributed by atoms with Crippen molar-refractivity contribution in [3.63, 3.8) is 0 Å². The van der Waals surface area contributed by atoms with Crippen LogP contribution in [0.25, 0.3) is 0 Å². The van der Waals surface area contributed by atoms with E-state index in [0.717, 1.165) is 5.56 Å². The highest BCUT2D eigenvalue weighted by atomic mass is 31.2. The Morgan fingerprint density at radius 2 is 1.84 bits per heavy atom. The zero-order chi connectivity index (χ0) is 27.9. The average Bonchev–Trinajstić information content (AvgIpc) is 2.78. The van der Waals surface area contributed by atoms with Gasteiger partial charge >= 0.3 is 11.9 Å². The molecule has 0 bridgehead atoms. The van der Waals surface area contributed by atoms with Crippen LogP contribution in [-0.4, -0.2) is 55.4 Å². The summed E-state index contributed by atoms with van der Waals surface area (Å²) in [4.78, 5) is 37.8. The predicted molar refractivity (Wildman–Crippen MR) is 141 cm³/mol. The molecule has 1 heterocycles. The summed E-state index contributed by atoms with van der Waals surface area (Å²) in [6, 6.07) is 8.84. The number of esters is 2. The lowest BCUT2D eigenvalue weighted by Gasteiger charge is -2.43. The van der Waals surface area contributed by atoms with Crippen LogP contribution in [-0.2, 0) is 39.3 Å². The molecule has 10 nitrogen and oxygen atoms in total. The number of rotatable bonds is 11. The average molecular weight is 540 g/mol. The molecule has 1 aliphatic rings. The SMILES string of the molecule is CC(C)[C@H](N[P@]1(=N)OCC(C)(C)[C@H](C(=O)NCCC(=O)OC(C)(C)C)O1)C(=O)OCCc1ccccc1. The first-order valence-electron chi connectivity index (χ1n) is 12.6. The molecule has 0 aliphatic carbocycles. The highest BCUT2D eigenvalue weighted by Crippen LogP contribution is 2.54. The van der Waals surface area contributed by atoms with Gasteiger partial charge in [-0.3, -0.25) is 24.1 Å². The van der Waals surface area contributed by atoms with Crippen molar-refractivity contribution in [2.75, 3.05) is 19.8 Å². The fourth-order valence-corrected chi connectivity index (χ4v) is 5.72. The third kappa shape index (κ3) is 10.2. The highest BCUT2D eigenvalue weighted by Gasteiger charge is 2.47. The molecule has 11 heteroatoms. The largest absolute Gasteiger partial charge is 0.464 e. The number of nitrogens with one attached hydrogen (secondary N) is 3. The first kappa shape index (κ1) is 31.0. The number of ether oxygens (including phenoxy) is 2. The third-order valence-electron chi connectivity index (χ3n) is 5.58. The molecule has 0 spiro atoms. The Bertz CT molecular complexity index is 976. The van der Waals surface area contributed by atoms with Gasteiger partial charge in [0.25, 0.3) is 7.66 Å². The monoisotopic (exact) mass is 539 g/mol. The number of carbonyl (C=O) groups excluding carboxylic acids is 3. The van der Waals surface area contributed by atoms with Crippen molar-refractivity contribution in [2.45, 2.75) is 79.1 Å². The van der Waals surface area contributed by atoms with E-state index >= 15 is 0 Å². The zero-order valence-electron chi connectivity index (χ0n) is 23.0. The summed E-state index contributed by atoms with van der Waals surface area (Å²) >= 11 is 0. The zero-order valence-corrected chi connectivity index (χ0v) is 23.9. The molecule has 37 heavy (non-hydrogen) atoms. The molecule has 0 aromatic heterocycles. The van der Waals surface area contributed by atoms with E-state index < -0.39 is 48.7 Å². The minimum absolute atomic E-state index is 0.0102. The molecular weight excluding hydrogens is 497 g/mol. The molecule has 1 fully saturated rings. The second kappa shape index (κ2) is 13.0. The standard InChI is InChI=1S/C26H42N3O7P/c1-18(2)21(24(32)33-16-14-19-11-9-8-10-12-19)29-37(27)34-17-26(6,7)22(36-37)23(31)28-15-13-20(30)35-25(3,4)5/h8-12,18,21-22H,13-17H2,1-7H3,(H2,27,29)(H,28,31)/t21-,22-,37+/m0/s1. The summed E-state index contributed by atoms with van der Waals surface area (Å²) < 4.78 is 22.4. The van der Waals surface area contributed by atoms with Crippen molar-refractivity contribution in [3.8, 4) is 0 Å². The molecule has 1 aromatic rings. The fourth-order valence-electron chi connectivity index (χ4n) is 3.56. The molecule has 0 unspecified atom stereocenters. The van der Waals surface area contributed by atoms with E-state index in [9.17, 15) is 14.4 Å². The van der Waals surface area contributed by atoms with Crippen LogP contribution in [0.5, 0.6) is 0 Å². The number of amides is 1. The van der Waals surface area contributed by atoms with Crippen LogP contribution in [0, 0.1) is 16.5 Å². The molecule has 2 rings (SSSR count). The van der Waals surface area contributed by atoms with Gasteiger partial charge in [0.15, 0.2) is 6.10 Å². The molecule has 1 aromatic carbocycles. The maximum Gasteiger partial charge on any atom is 0.323 e. The van der Waals surface area contributed by atoms with Gasteiger partial charge in [-0.1, -0.05) is 58.0 Å². The molecule has 3 N–H and O–H groups in total. The van der Waals surface area contributed by atoms with Crippen molar-refractivity contribution in [1.29, 1.82) is 5.16 Å². The summed E-state index contributed by atoms with van der Waals surface area (Å²) in [7, 11) is -3.54. The van der Waals surface area contributed by atoms with Crippen LogP contribution in [0.2, 0.25) is 0 Å². The Labute approximate surface area is 220 Å². The van der Waals surface area contributed by atoms with Crippen LogP contribution < -0.4 is 10.4 Å². The van der Waals surface area contributed by atoms with Crippen LogP contribution in [0.3, 0.4) is 0 Å². The first-order chi connectivity index (χ1) is 17.1. The van der Waals surface area contributed by atoms with Gasteiger partial charge in [0.2, 0.25) is 5.91 Å². The lowest BCUT2D eigenvalue weighted by Crippen LogP contribution is -2.52. The smallest absolute Gasteiger partial charge is 0.323 e. The van der Waals surface area contributed by atoms with Crippen LogP contribution >= 0.6 is 7.66 Å². The van der Waals surface area contributed by atoms with Gasteiger partial charge in [0.05, 0.1) is 19.6 Å². The minimum Gasteiger partial charge on any atom is -0.464 e. The number of carbonyl (C=O) groups is 3. The van der Waals surface area contributed by atoms with E-state index in [1.807, 2.05) is 44.2 Å². The Morgan fingerprint density at radius 1 is 1.19 bits per heavy atom. The number of benzene rings is 1. The maximum atomic E-state index is 13.0. The van der Waals surface area contributed by atoms with Gasteiger partial charge in [-0.05, 0) is 32.3 Å².